The molecule has 2 aliphatic rings. The van der Waals surface area contributed by atoms with Crippen LogP contribution in [0.15, 0.2) is 0 Å². The molecular formula is C17H34N2O. The van der Waals surface area contributed by atoms with E-state index < -0.39 is 0 Å². The Bertz CT molecular complexity index is 305. The smallest absolute Gasteiger partial charge is 0.0645 e. The van der Waals surface area contributed by atoms with Crippen molar-refractivity contribution in [3.8, 4) is 0 Å². The number of hydrogen-bond donors (Lipinski definition) is 1. The highest BCUT2D eigenvalue weighted by atomic mass is 16.5. The number of nitrogens with zero attached hydrogens (tertiary/aromatic N) is 1. The second kappa shape index (κ2) is 6.76. The van der Waals surface area contributed by atoms with Crippen molar-refractivity contribution in [2.45, 2.75) is 71.5 Å². The minimum absolute atomic E-state index is 0.171. The molecule has 3 nitrogen and oxygen atoms in total. The molecule has 1 N–H and O–H groups in total. The lowest BCUT2D eigenvalue weighted by molar-refractivity contribution is -0.0984. The molecule has 118 valence electrons. The van der Waals surface area contributed by atoms with Crippen molar-refractivity contribution in [2.24, 2.45) is 11.8 Å². The van der Waals surface area contributed by atoms with Crippen LogP contribution in [-0.4, -0.2) is 48.8 Å². The van der Waals surface area contributed by atoms with Crippen molar-refractivity contribution < 1.29 is 4.74 Å². The summed E-state index contributed by atoms with van der Waals surface area (Å²) in [6.45, 7) is 15.8. The summed E-state index contributed by atoms with van der Waals surface area (Å²) >= 11 is 0. The Morgan fingerprint density at radius 3 is 2.65 bits per heavy atom. The van der Waals surface area contributed by atoms with E-state index in [2.05, 4.69) is 44.8 Å². The predicted molar refractivity (Wildman–Crippen MR) is 85.0 cm³/mol. The fourth-order valence-corrected chi connectivity index (χ4v) is 4.32. The van der Waals surface area contributed by atoms with Gasteiger partial charge in [0.15, 0.2) is 0 Å². The van der Waals surface area contributed by atoms with Gasteiger partial charge in [-0.1, -0.05) is 20.8 Å². The topological polar surface area (TPSA) is 24.5 Å². The van der Waals surface area contributed by atoms with E-state index in [1.165, 1.54) is 19.3 Å². The van der Waals surface area contributed by atoms with Crippen molar-refractivity contribution in [3.05, 3.63) is 0 Å². The quantitative estimate of drug-likeness (QED) is 0.858. The summed E-state index contributed by atoms with van der Waals surface area (Å²) in [6.07, 6.45) is 3.91. The zero-order valence-electron chi connectivity index (χ0n) is 14.1. The third-order valence-electron chi connectivity index (χ3n) is 5.15. The summed E-state index contributed by atoms with van der Waals surface area (Å²) in [4.78, 5) is 2.74. The molecule has 3 heteroatoms. The highest BCUT2D eigenvalue weighted by Gasteiger charge is 2.43. The average molecular weight is 282 g/mol. The number of ether oxygens (including phenoxy) is 1. The van der Waals surface area contributed by atoms with Crippen LogP contribution in [0.25, 0.3) is 0 Å². The lowest BCUT2D eigenvalue weighted by atomic mass is 9.74. The Morgan fingerprint density at radius 1 is 1.25 bits per heavy atom. The van der Waals surface area contributed by atoms with Crippen molar-refractivity contribution in [1.82, 2.24) is 10.2 Å². The highest BCUT2D eigenvalue weighted by molar-refractivity contribution is 4.99. The number of nitrogens with one attached hydrogen (secondary N) is 1. The maximum atomic E-state index is 5.72. The van der Waals surface area contributed by atoms with Crippen LogP contribution in [0.1, 0.15) is 53.9 Å². The van der Waals surface area contributed by atoms with E-state index in [9.17, 15) is 0 Å². The van der Waals surface area contributed by atoms with Gasteiger partial charge < -0.3 is 10.1 Å². The Labute approximate surface area is 125 Å². The van der Waals surface area contributed by atoms with Gasteiger partial charge in [-0.25, -0.2) is 0 Å². The second-order valence-corrected chi connectivity index (χ2v) is 7.66. The van der Waals surface area contributed by atoms with Crippen molar-refractivity contribution >= 4 is 0 Å². The third kappa shape index (κ3) is 3.55. The van der Waals surface area contributed by atoms with Crippen LogP contribution >= 0.6 is 0 Å². The average Bonchev–Trinajstić information content (AvgIpc) is 2.36. The molecule has 2 rings (SSSR count). The molecule has 4 unspecified atom stereocenters. The van der Waals surface area contributed by atoms with E-state index in [-0.39, 0.29) is 5.54 Å². The maximum Gasteiger partial charge on any atom is 0.0645 e. The molecular weight excluding hydrogens is 248 g/mol. The SMILES string of the molecule is CCCNC1CC(C)CC(C)C1N1CCOCC1(C)C. The Hall–Kier alpha value is -0.120. The number of morpholine rings is 1. The molecule has 1 aliphatic carbocycles. The fraction of sp³-hybridized carbons (Fsp3) is 1.00. The molecule has 0 aromatic heterocycles. The molecule has 0 radical (unpaired) electrons. The summed E-state index contributed by atoms with van der Waals surface area (Å²) in [5.74, 6) is 1.62. The summed E-state index contributed by atoms with van der Waals surface area (Å²) in [5.41, 5.74) is 0.171. The standard InChI is InChI=1S/C17H34N2O/c1-6-7-18-15-11-13(2)10-14(3)16(15)19-8-9-20-12-17(19,4)5/h13-16,18H,6-12H2,1-5H3. The minimum Gasteiger partial charge on any atom is -0.378 e. The van der Waals surface area contributed by atoms with Crippen LogP contribution < -0.4 is 5.32 Å². The first-order valence-corrected chi connectivity index (χ1v) is 8.53. The molecule has 0 spiro atoms. The summed E-state index contributed by atoms with van der Waals surface area (Å²) in [5, 5.41) is 3.83. The van der Waals surface area contributed by atoms with Crippen molar-refractivity contribution in [2.75, 3.05) is 26.3 Å². The molecule has 0 bridgehead atoms. The number of rotatable bonds is 4. The van der Waals surface area contributed by atoms with Gasteiger partial charge in [0.05, 0.1) is 13.2 Å². The molecule has 1 saturated heterocycles. The molecule has 2 fully saturated rings. The number of hydrogen-bond acceptors (Lipinski definition) is 3. The van der Waals surface area contributed by atoms with Crippen molar-refractivity contribution in [1.29, 1.82) is 0 Å². The Kier molecular flexibility index (Phi) is 5.49. The molecule has 0 aromatic carbocycles. The highest BCUT2D eigenvalue weighted by Crippen LogP contribution is 2.36. The van der Waals surface area contributed by atoms with Crippen LogP contribution in [0.3, 0.4) is 0 Å². The van der Waals surface area contributed by atoms with Crippen LogP contribution in [0, 0.1) is 11.8 Å². The lowest BCUT2D eigenvalue weighted by Gasteiger charge is -2.53. The van der Waals surface area contributed by atoms with Gasteiger partial charge in [-0.15, -0.1) is 0 Å². The van der Waals surface area contributed by atoms with E-state index in [0.29, 0.717) is 12.1 Å². The van der Waals surface area contributed by atoms with E-state index in [4.69, 9.17) is 4.74 Å². The van der Waals surface area contributed by atoms with Gasteiger partial charge in [0, 0.05) is 24.2 Å². The third-order valence-corrected chi connectivity index (χ3v) is 5.15. The largest absolute Gasteiger partial charge is 0.378 e. The van der Waals surface area contributed by atoms with Crippen LogP contribution in [0.4, 0.5) is 0 Å². The van der Waals surface area contributed by atoms with Gasteiger partial charge in [-0.2, -0.15) is 0 Å². The first kappa shape index (κ1) is 16.3. The zero-order chi connectivity index (χ0) is 14.8. The molecule has 1 aliphatic heterocycles. The summed E-state index contributed by atoms with van der Waals surface area (Å²) in [6, 6.07) is 1.31. The van der Waals surface area contributed by atoms with E-state index in [0.717, 1.165) is 38.1 Å². The van der Waals surface area contributed by atoms with E-state index >= 15 is 0 Å². The molecule has 0 amide bonds. The van der Waals surface area contributed by atoms with Gasteiger partial charge in [0.2, 0.25) is 0 Å². The Balaban J connectivity index is 2.14. The lowest BCUT2D eigenvalue weighted by Crippen LogP contribution is -2.65. The molecule has 20 heavy (non-hydrogen) atoms. The molecule has 0 aromatic rings. The van der Waals surface area contributed by atoms with Crippen LogP contribution in [-0.2, 0) is 4.74 Å². The second-order valence-electron chi connectivity index (χ2n) is 7.66. The van der Waals surface area contributed by atoms with E-state index in [1.54, 1.807) is 0 Å². The maximum absolute atomic E-state index is 5.72. The van der Waals surface area contributed by atoms with Gasteiger partial charge >= 0.3 is 0 Å². The first-order chi connectivity index (χ1) is 9.45. The fourth-order valence-electron chi connectivity index (χ4n) is 4.32. The van der Waals surface area contributed by atoms with Gasteiger partial charge in [-0.05, 0) is 51.5 Å². The summed E-state index contributed by atoms with van der Waals surface area (Å²) < 4.78 is 5.72. The van der Waals surface area contributed by atoms with Crippen LogP contribution in [0.2, 0.25) is 0 Å². The predicted octanol–water partition coefficient (Wildman–Crippen LogP) is 2.90. The van der Waals surface area contributed by atoms with Crippen LogP contribution in [0.5, 0.6) is 0 Å². The van der Waals surface area contributed by atoms with Gasteiger partial charge in [-0.3, -0.25) is 4.90 Å². The van der Waals surface area contributed by atoms with Gasteiger partial charge in [0.1, 0.15) is 0 Å². The Morgan fingerprint density at radius 2 is 2.00 bits per heavy atom. The zero-order valence-corrected chi connectivity index (χ0v) is 14.1. The monoisotopic (exact) mass is 282 g/mol. The van der Waals surface area contributed by atoms with Gasteiger partial charge in [0.25, 0.3) is 0 Å². The molecule has 4 atom stereocenters. The normalized spacial score (nSPS) is 38.9. The van der Waals surface area contributed by atoms with E-state index in [1.807, 2.05) is 0 Å². The van der Waals surface area contributed by atoms with Crippen molar-refractivity contribution in [3.63, 3.8) is 0 Å². The molecule has 1 heterocycles. The minimum atomic E-state index is 0.171. The first-order valence-electron chi connectivity index (χ1n) is 8.53. The molecule has 1 saturated carbocycles. The summed E-state index contributed by atoms with van der Waals surface area (Å²) in [7, 11) is 0.